The van der Waals surface area contributed by atoms with Crippen molar-refractivity contribution in [2.75, 3.05) is 12.4 Å². The van der Waals surface area contributed by atoms with Crippen LogP contribution in [0, 0.1) is 12.7 Å². The number of esters is 1. The van der Waals surface area contributed by atoms with Crippen molar-refractivity contribution in [2.24, 2.45) is 0 Å². The zero-order chi connectivity index (χ0) is 15.4. The van der Waals surface area contributed by atoms with Gasteiger partial charge in [-0.1, -0.05) is 0 Å². The summed E-state index contributed by atoms with van der Waals surface area (Å²) in [5.74, 6) is -0.964. The van der Waals surface area contributed by atoms with Crippen LogP contribution in [0.1, 0.15) is 34.7 Å². The third kappa shape index (κ3) is 3.34. The Balaban J connectivity index is 2.32. The number of nitrogens with zero attached hydrogens (tertiary/aromatic N) is 2. The normalized spacial score (nSPS) is 11.8. The Kier molecular flexibility index (Phi) is 4.47. The van der Waals surface area contributed by atoms with E-state index in [9.17, 15) is 9.18 Å². The van der Waals surface area contributed by atoms with E-state index < -0.39 is 11.8 Å². The SMILES string of the molecule is COC(=O)c1ccc(F)cc1NC(C)c1nccnc1C. The maximum absolute atomic E-state index is 13.4. The summed E-state index contributed by atoms with van der Waals surface area (Å²) in [4.78, 5) is 20.1. The fraction of sp³-hybridized carbons (Fsp3) is 0.267. The highest BCUT2D eigenvalue weighted by atomic mass is 19.1. The quantitative estimate of drug-likeness (QED) is 0.877. The van der Waals surface area contributed by atoms with Crippen LogP contribution in [0.25, 0.3) is 0 Å². The minimum absolute atomic E-state index is 0.232. The van der Waals surface area contributed by atoms with Crippen molar-refractivity contribution in [1.82, 2.24) is 9.97 Å². The van der Waals surface area contributed by atoms with Crippen molar-refractivity contribution in [1.29, 1.82) is 0 Å². The first-order valence-electron chi connectivity index (χ1n) is 6.45. The van der Waals surface area contributed by atoms with Gasteiger partial charge >= 0.3 is 5.97 Å². The molecular formula is C15H16FN3O2. The summed E-state index contributed by atoms with van der Waals surface area (Å²) in [5.41, 5.74) is 2.14. The van der Waals surface area contributed by atoms with E-state index in [-0.39, 0.29) is 11.6 Å². The Hall–Kier alpha value is -2.50. The number of nitrogens with one attached hydrogen (secondary N) is 1. The summed E-state index contributed by atoms with van der Waals surface area (Å²) in [6.07, 6.45) is 3.20. The Bertz CT molecular complexity index is 661. The van der Waals surface area contributed by atoms with Crippen molar-refractivity contribution in [3.63, 3.8) is 0 Å². The molecule has 0 radical (unpaired) electrons. The van der Waals surface area contributed by atoms with Crippen molar-refractivity contribution in [3.05, 3.63) is 53.4 Å². The highest BCUT2D eigenvalue weighted by Crippen LogP contribution is 2.24. The smallest absolute Gasteiger partial charge is 0.339 e. The Labute approximate surface area is 122 Å². The molecule has 1 aromatic carbocycles. The molecular weight excluding hydrogens is 273 g/mol. The minimum Gasteiger partial charge on any atom is -0.465 e. The van der Waals surface area contributed by atoms with Gasteiger partial charge in [-0.15, -0.1) is 0 Å². The van der Waals surface area contributed by atoms with Gasteiger partial charge < -0.3 is 10.1 Å². The fourth-order valence-corrected chi connectivity index (χ4v) is 2.07. The fourth-order valence-electron chi connectivity index (χ4n) is 2.07. The molecule has 1 atom stereocenters. The van der Waals surface area contributed by atoms with Crippen LogP contribution in [0.5, 0.6) is 0 Å². The van der Waals surface area contributed by atoms with Crippen molar-refractivity contribution in [3.8, 4) is 0 Å². The third-order valence-electron chi connectivity index (χ3n) is 3.09. The lowest BCUT2D eigenvalue weighted by atomic mass is 10.1. The van der Waals surface area contributed by atoms with Gasteiger partial charge in [-0.25, -0.2) is 9.18 Å². The average Bonchev–Trinajstić information content (AvgIpc) is 2.47. The number of carbonyl (C=O) groups is 1. The Morgan fingerprint density at radius 1 is 1.33 bits per heavy atom. The Morgan fingerprint density at radius 2 is 2.05 bits per heavy atom. The van der Waals surface area contributed by atoms with Gasteiger partial charge in [-0.05, 0) is 32.0 Å². The number of hydrogen-bond donors (Lipinski definition) is 1. The summed E-state index contributed by atoms with van der Waals surface area (Å²) in [6, 6.07) is 3.63. The average molecular weight is 289 g/mol. The molecule has 5 nitrogen and oxygen atoms in total. The van der Waals surface area contributed by atoms with Gasteiger partial charge in [0.05, 0.1) is 35.8 Å². The van der Waals surface area contributed by atoms with Crippen LogP contribution in [-0.4, -0.2) is 23.0 Å². The molecule has 0 fully saturated rings. The molecule has 0 aliphatic rings. The number of halogens is 1. The molecule has 1 unspecified atom stereocenters. The second-order valence-electron chi connectivity index (χ2n) is 4.57. The van der Waals surface area contributed by atoms with Crippen LogP contribution in [0.4, 0.5) is 10.1 Å². The van der Waals surface area contributed by atoms with E-state index in [1.54, 1.807) is 12.4 Å². The van der Waals surface area contributed by atoms with Crippen molar-refractivity contribution >= 4 is 11.7 Å². The molecule has 1 N–H and O–H groups in total. The molecule has 1 aromatic heterocycles. The second kappa shape index (κ2) is 6.30. The zero-order valence-electron chi connectivity index (χ0n) is 12.1. The molecule has 0 amide bonds. The minimum atomic E-state index is -0.527. The molecule has 0 aliphatic carbocycles. The number of hydrogen-bond acceptors (Lipinski definition) is 5. The summed E-state index contributed by atoms with van der Waals surface area (Å²) in [5, 5.41) is 3.08. The highest BCUT2D eigenvalue weighted by molar-refractivity contribution is 5.95. The molecule has 0 saturated carbocycles. The van der Waals surface area contributed by atoms with Crippen LogP contribution < -0.4 is 5.32 Å². The lowest BCUT2D eigenvalue weighted by molar-refractivity contribution is 0.0601. The van der Waals surface area contributed by atoms with E-state index in [0.29, 0.717) is 5.69 Å². The van der Waals surface area contributed by atoms with Crippen molar-refractivity contribution < 1.29 is 13.9 Å². The molecule has 6 heteroatoms. The molecule has 2 rings (SSSR count). The Morgan fingerprint density at radius 3 is 2.71 bits per heavy atom. The maximum atomic E-state index is 13.4. The van der Waals surface area contributed by atoms with E-state index in [0.717, 1.165) is 11.4 Å². The summed E-state index contributed by atoms with van der Waals surface area (Å²) >= 11 is 0. The predicted octanol–water partition coefficient (Wildman–Crippen LogP) is 2.88. The highest BCUT2D eigenvalue weighted by Gasteiger charge is 2.17. The molecule has 0 aliphatic heterocycles. The third-order valence-corrected chi connectivity index (χ3v) is 3.09. The lowest BCUT2D eigenvalue weighted by Crippen LogP contribution is -2.14. The van der Waals surface area contributed by atoms with Crippen LogP contribution in [0.3, 0.4) is 0 Å². The van der Waals surface area contributed by atoms with Crippen LogP contribution in [0.15, 0.2) is 30.6 Å². The molecule has 1 heterocycles. The first kappa shape index (κ1) is 14.9. The summed E-state index contributed by atoms with van der Waals surface area (Å²) < 4.78 is 18.1. The predicted molar refractivity (Wildman–Crippen MR) is 76.5 cm³/mol. The molecule has 21 heavy (non-hydrogen) atoms. The largest absolute Gasteiger partial charge is 0.465 e. The van der Waals surface area contributed by atoms with Crippen LogP contribution in [0.2, 0.25) is 0 Å². The van der Waals surface area contributed by atoms with E-state index in [2.05, 4.69) is 15.3 Å². The summed E-state index contributed by atoms with van der Waals surface area (Å²) in [7, 11) is 1.28. The topological polar surface area (TPSA) is 64.1 Å². The molecule has 0 saturated heterocycles. The van der Waals surface area contributed by atoms with Gasteiger partial charge in [0.15, 0.2) is 0 Å². The van der Waals surface area contributed by atoms with E-state index in [1.165, 1.54) is 25.3 Å². The first-order chi connectivity index (χ1) is 10.0. The van der Waals surface area contributed by atoms with Gasteiger partial charge in [0.1, 0.15) is 5.82 Å². The van der Waals surface area contributed by atoms with Gasteiger partial charge in [0, 0.05) is 12.4 Å². The van der Waals surface area contributed by atoms with Gasteiger partial charge in [-0.3, -0.25) is 9.97 Å². The van der Waals surface area contributed by atoms with E-state index in [4.69, 9.17) is 4.74 Å². The molecule has 0 bridgehead atoms. The molecule has 2 aromatic rings. The summed E-state index contributed by atoms with van der Waals surface area (Å²) in [6.45, 7) is 3.70. The standard InChI is InChI=1S/C15H16FN3O2/c1-9-14(18-7-6-17-9)10(2)19-13-8-11(16)4-5-12(13)15(20)21-3/h4-8,10,19H,1-3H3. The number of aryl methyl sites for hydroxylation is 1. The van der Waals surface area contributed by atoms with E-state index in [1.807, 2.05) is 13.8 Å². The monoisotopic (exact) mass is 289 g/mol. The number of ether oxygens (including phenoxy) is 1. The molecule has 0 spiro atoms. The van der Waals surface area contributed by atoms with Gasteiger partial charge in [-0.2, -0.15) is 0 Å². The van der Waals surface area contributed by atoms with Gasteiger partial charge in [0.2, 0.25) is 0 Å². The second-order valence-corrected chi connectivity index (χ2v) is 4.57. The number of benzene rings is 1. The van der Waals surface area contributed by atoms with Crippen LogP contribution >= 0.6 is 0 Å². The number of carbonyl (C=O) groups excluding carboxylic acids is 1. The van der Waals surface area contributed by atoms with E-state index >= 15 is 0 Å². The lowest BCUT2D eigenvalue weighted by Gasteiger charge is -2.18. The first-order valence-corrected chi connectivity index (χ1v) is 6.45. The number of anilines is 1. The number of rotatable bonds is 4. The van der Waals surface area contributed by atoms with Crippen molar-refractivity contribution in [2.45, 2.75) is 19.9 Å². The number of methoxy groups -OCH3 is 1. The number of aromatic nitrogens is 2. The maximum Gasteiger partial charge on any atom is 0.339 e. The zero-order valence-corrected chi connectivity index (χ0v) is 12.1. The molecule has 110 valence electrons. The van der Waals surface area contributed by atoms with Crippen LogP contribution in [-0.2, 0) is 4.74 Å². The van der Waals surface area contributed by atoms with Gasteiger partial charge in [0.25, 0.3) is 0 Å².